The largest absolute Gasteiger partial charge is 0.393 e. The molecule has 0 aliphatic rings. The Morgan fingerprint density at radius 3 is 2.57 bits per heavy atom. The van der Waals surface area contributed by atoms with Crippen molar-refractivity contribution in [3.05, 3.63) is 51.5 Å². The van der Waals surface area contributed by atoms with Gasteiger partial charge in [0.05, 0.1) is 16.8 Å². The van der Waals surface area contributed by atoms with Crippen molar-refractivity contribution in [2.45, 2.75) is 58.5 Å². The van der Waals surface area contributed by atoms with Crippen LogP contribution in [0.4, 0.5) is 0 Å². The molecular formula is C18H25NOS. The lowest BCUT2D eigenvalue weighted by molar-refractivity contribution is 0.165. The Morgan fingerprint density at radius 2 is 1.95 bits per heavy atom. The highest BCUT2D eigenvalue weighted by Gasteiger charge is 2.18. The zero-order chi connectivity index (χ0) is 15.5. The van der Waals surface area contributed by atoms with Crippen molar-refractivity contribution >= 4 is 11.3 Å². The fourth-order valence-electron chi connectivity index (χ4n) is 2.27. The molecule has 1 aromatic carbocycles. The van der Waals surface area contributed by atoms with Gasteiger partial charge in [-0.25, -0.2) is 4.98 Å². The molecular weight excluding hydrogens is 278 g/mol. The molecule has 1 atom stereocenters. The molecule has 0 amide bonds. The summed E-state index contributed by atoms with van der Waals surface area (Å²) >= 11 is 1.66. The van der Waals surface area contributed by atoms with Crippen molar-refractivity contribution in [1.82, 2.24) is 4.98 Å². The summed E-state index contributed by atoms with van der Waals surface area (Å²) in [5, 5.41) is 13.4. The third-order valence-corrected chi connectivity index (χ3v) is 4.61. The smallest absolute Gasteiger partial charge is 0.0954 e. The quantitative estimate of drug-likeness (QED) is 0.894. The van der Waals surface area contributed by atoms with Crippen LogP contribution in [0, 0.1) is 6.92 Å². The Balaban J connectivity index is 1.89. The molecule has 1 unspecified atom stereocenters. The minimum atomic E-state index is -0.316. The Morgan fingerprint density at radius 1 is 1.24 bits per heavy atom. The Hall–Kier alpha value is -1.19. The van der Waals surface area contributed by atoms with Gasteiger partial charge in [-0.05, 0) is 30.9 Å². The number of hydrogen-bond donors (Lipinski definition) is 1. The van der Waals surface area contributed by atoms with E-state index >= 15 is 0 Å². The van der Waals surface area contributed by atoms with Crippen LogP contribution in [0.25, 0.3) is 0 Å². The fourth-order valence-corrected chi connectivity index (χ4v) is 3.36. The molecule has 21 heavy (non-hydrogen) atoms. The molecule has 0 saturated carbocycles. The van der Waals surface area contributed by atoms with Gasteiger partial charge in [0.15, 0.2) is 0 Å². The second kappa shape index (κ2) is 6.71. The first-order chi connectivity index (χ1) is 9.86. The molecule has 2 rings (SSSR count). The second-order valence-corrected chi connectivity index (χ2v) is 7.64. The van der Waals surface area contributed by atoms with Crippen molar-refractivity contribution < 1.29 is 5.11 Å². The van der Waals surface area contributed by atoms with E-state index in [0.29, 0.717) is 6.42 Å². The van der Waals surface area contributed by atoms with E-state index in [0.717, 1.165) is 23.5 Å². The molecule has 0 fully saturated rings. The first-order valence-electron chi connectivity index (χ1n) is 7.53. The lowest BCUT2D eigenvalue weighted by Gasteiger charge is -2.14. The van der Waals surface area contributed by atoms with E-state index in [1.54, 1.807) is 11.3 Å². The molecule has 1 heterocycles. The maximum Gasteiger partial charge on any atom is 0.0954 e. The molecule has 0 aliphatic carbocycles. The summed E-state index contributed by atoms with van der Waals surface area (Å²) in [5.74, 6) is 0. The van der Waals surface area contributed by atoms with E-state index < -0.39 is 0 Å². The number of aromatic nitrogens is 1. The number of hydrogen-bond acceptors (Lipinski definition) is 3. The highest BCUT2D eigenvalue weighted by atomic mass is 32.1. The Bertz CT molecular complexity index is 583. The van der Waals surface area contributed by atoms with Crippen LogP contribution in [-0.4, -0.2) is 16.2 Å². The van der Waals surface area contributed by atoms with Crippen molar-refractivity contribution in [3.63, 3.8) is 0 Å². The Labute approximate surface area is 131 Å². The highest BCUT2D eigenvalue weighted by molar-refractivity contribution is 7.09. The zero-order valence-electron chi connectivity index (χ0n) is 13.4. The van der Waals surface area contributed by atoms with Crippen LogP contribution >= 0.6 is 11.3 Å². The first kappa shape index (κ1) is 16.2. The van der Waals surface area contributed by atoms with E-state index in [1.165, 1.54) is 11.1 Å². The molecule has 0 aliphatic heterocycles. The molecule has 3 heteroatoms. The van der Waals surface area contributed by atoms with E-state index in [4.69, 9.17) is 0 Å². The highest BCUT2D eigenvalue weighted by Crippen LogP contribution is 2.25. The van der Waals surface area contributed by atoms with Crippen molar-refractivity contribution in [2.24, 2.45) is 0 Å². The lowest BCUT2D eigenvalue weighted by atomic mass is 9.93. The van der Waals surface area contributed by atoms with Crippen LogP contribution in [-0.2, 0) is 18.3 Å². The van der Waals surface area contributed by atoms with Crippen molar-refractivity contribution in [1.29, 1.82) is 0 Å². The average molecular weight is 303 g/mol. The maximum atomic E-state index is 10.2. The van der Waals surface area contributed by atoms with E-state index in [9.17, 15) is 5.11 Å². The summed E-state index contributed by atoms with van der Waals surface area (Å²) in [6, 6.07) is 8.38. The van der Waals surface area contributed by atoms with Crippen molar-refractivity contribution in [3.8, 4) is 0 Å². The van der Waals surface area contributed by atoms with Crippen LogP contribution in [0.2, 0.25) is 0 Å². The van der Waals surface area contributed by atoms with Crippen molar-refractivity contribution in [2.75, 3.05) is 0 Å². The monoisotopic (exact) mass is 303 g/mol. The lowest BCUT2D eigenvalue weighted by Crippen LogP contribution is -2.14. The molecule has 1 N–H and O–H groups in total. The molecule has 0 radical (unpaired) electrons. The molecule has 2 aromatic rings. The SMILES string of the molecule is Cc1ccccc1CCC(O)Cc1nc(C(C)(C)C)cs1. The second-order valence-electron chi connectivity index (χ2n) is 6.70. The zero-order valence-corrected chi connectivity index (χ0v) is 14.2. The summed E-state index contributed by atoms with van der Waals surface area (Å²) in [6.07, 6.45) is 2.05. The van der Waals surface area contributed by atoms with Gasteiger partial charge in [-0.2, -0.15) is 0 Å². The van der Waals surface area contributed by atoms with Gasteiger partial charge in [0.2, 0.25) is 0 Å². The molecule has 0 spiro atoms. The van der Waals surface area contributed by atoms with E-state index in [-0.39, 0.29) is 11.5 Å². The summed E-state index contributed by atoms with van der Waals surface area (Å²) in [4.78, 5) is 4.65. The molecule has 2 nitrogen and oxygen atoms in total. The summed E-state index contributed by atoms with van der Waals surface area (Å²) < 4.78 is 0. The summed E-state index contributed by atoms with van der Waals surface area (Å²) in [5.41, 5.74) is 3.83. The van der Waals surface area contributed by atoms with Crippen LogP contribution < -0.4 is 0 Å². The third kappa shape index (κ3) is 4.65. The van der Waals surface area contributed by atoms with Gasteiger partial charge < -0.3 is 5.11 Å². The minimum absolute atomic E-state index is 0.0842. The number of aryl methyl sites for hydroxylation is 2. The third-order valence-electron chi connectivity index (χ3n) is 3.74. The van der Waals surface area contributed by atoms with E-state index in [2.05, 4.69) is 62.3 Å². The molecule has 0 saturated heterocycles. The van der Waals surface area contributed by atoms with Crippen LogP contribution in [0.3, 0.4) is 0 Å². The number of thiazole rings is 1. The van der Waals surface area contributed by atoms with Crippen LogP contribution in [0.15, 0.2) is 29.6 Å². The van der Waals surface area contributed by atoms with E-state index in [1.807, 2.05) is 0 Å². The standard InChI is InChI=1S/C18H25NOS/c1-13-7-5-6-8-14(13)9-10-15(20)11-17-19-16(12-21-17)18(2,3)4/h5-8,12,15,20H,9-11H2,1-4H3. The van der Waals surface area contributed by atoms with Crippen LogP contribution in [0.1, 0.15) is 49.0 Å². The van der Waals surface area contributed by atoms with Gasteiger partial charge in [0.1, 0.15) is 0 Å². The molecule has 114 valence electrons. The number of rotatable bonds is 5. The summed E-state index contributed by atoms with van der Waals surface area (Å²) in [7, 11) is 0. The number of aliphatic hydroxyl groups excluding tert-OH is 1. The predicted octanol–water partition coefficient (Wildman–Crippen LogP) is 4.29. The minimum Gasteiger partial charge on any atom is -0.393 e. The maximum absolute atomic E-state index is 10.2. The molecule has 0 bridgehead atoms. The Kier molecular flexibility index (Phi) is 5.17. The number of nitrogens with zero attached hydrogens (tertiary/aromatic N) is 1. The molecule has 1 aromatic heterocycles. The van der Waals surface area contributed by atoms with Gasteiger partial charge in [-0.3, -0.25) is 0 Å². The van der Waals surface area contributed by atoms with Gasteiger partial charge in [0.25, 0.3) is 0 Å². The topological polar surface area (TPSA) is 33.1 Å². The first-order valence-corrected chi connectivity index (χ1v) is 8.41. The van der Waals surface area contributed by atoms with Gasteiger partial charge in [0, 0.05) is 17.2 Å². The number of benzene rings is 1. The van der Waals surface area contributed by atoms with Gasteiger partial charge in [-0.15, -0.1) is 11.3 Å². The van der Waals surface area contributed by atoms with Gasteiger partial charge in [-0.1, -0.05) is 45.0 Å². The normalized spacial score (nSPS) is 13.4. The predicted molar refractivity (Wildman–Crippen MR) is 90.0 cm³/mol. The fraction of sp³-hybridized carbons (Fsp3) is 0.500. The average Bonchev–Trinajstić information content (AvgIpc) is 2.86. The van der Waals surface area contributed by atoms with Gasteiger partial charge >= 0.3 is 0 Å². The summed E-state index contributed by atoms with van der Waals surface area (Å²) in [6.45, 7) is 8.62. The number of aliphatic hydroxyl groups is 1. The van der Waals surface area contributed by atoms with Crippen LogP contribution in [0.5, 0.6) is 0 Å².